The van der Waals surface area contributed by atoms with Crippen molar-refractivity contribution < 1.29 is 9.53 Å². The highest BCUT2D eigenvalue weighted by Gasteiger charge is 2.41. The molecule has 1 aliphatic rings. The number of rotatable bonds is 4. The molecule has 0 aromatic heterocycles. The summed E-state index contributed by atoms with van der Waals surface area (Å²) < 4.78 is 6.62. The third kappa shape index (κ3) is 3.70. The molecule has 28 heavy (non-hydrogen) atoms. The second-order valence-corrected chi connectivity index (χ2v) is 10.6. The molecule has 0 saturated heterocycles. The molecular weight excluding hydrogens is 360 g/mol. The first-order valence-corrected chi connectivity index (χ1v) is 11.3. The molecule has 1 atom stereocenters. The maximum absolute atomic E-state index is 11.6. The Kier molecular flexibility index (Phi) is 5.00. The maximum Gasteiger partial charge on any atom is 0.286 e. The van der Waals surface area contributed by atoms with Crippen molar-refractivity contribution in [3.05, 3.63) is 95.6 Å². The molecule has 0 unspecified atom stereocenters. The Morgan fingerprint density at radius 1 is 0.857 bits per heavy atom. The van der Waals surface area contributed by atoms with E-state index in [2.05, 4.69) is 63.2 Å². The van der Waals surface area contributed by atoms with Crippen LogP contribution in [-0.2, 0) is 22.0 Å². The van der Waals surface area contributed by atoms with Gasteiger partial charge in [0.15, 0.2) is 5.79 Å². The summed E-state index contributed by atoms with van der Waals surface area (Å²) >= 11 is 0. The summed E-state index contributed by atoms with van der Waals surface area (Å²) in [5.74, 6) is -1.24. The minimum atomic E-state index is -1.58. The number of benzene rings is 3. The number of aliphatic hydroxyl groups is 1. The zero-order valence-corrected chi connectivity index (χ0v) is 17.8. The lowest BCUT2D eigenvalue weighted by Crippen LogP contribution is -2.50. The molecule has 0 bridgehead atoms. The van der Waals surface area contributed by atoms with Gasteiger partial charge in [-0.3, -0.25) is 0 Å². The van der Waals surface area contributed by atoms with Gasteiger partial charge in [0.05, 0.1) is 0 Å². The summed E-state index contributed by atoms with van der Waals surface area (Å²) in [6.45, 7) is 6.60. The number of aryl methyl sites for hydroxylation is 1. The molecule has 4 rings (SSSR count). The molecule has 3 aromatic carbocycles. The Hall–Kier alpha value is -2.20. The van der Waals surface area contributed by atoms with E-state index in [1.165, 1.54) is 11.1 Å². The molecule has 0 heterocycles. The van der Waals surface area contributed by atoms with Crippen LogP contribution in [0.3, 0.4) is 0 Å². The van der Waals surface area contributed by atoms with E-state index < -0.39 is 14.8 Å². The van der Waals surface area contributed by atoms with E-state index in [0.29, 0.717) is 6.42 Å². The molecule has 1 N–H and O–H groups in total. The standard InChI is InChI=1S/C25H27O2Si/c1-24(2,3)20-15-14-19-16-17-25(26,23(19)18-20)27-28(21-10-6-4-7-11-21)22-12-8-5-9-13-22/h4-15,18,26H,16-17H2,1-3H3/t25-/m0/s1. The van der Waals surface area contributed by atoms with Crippen LogP contribution in [0.4, 0.5) is 0 Å². The monoisotopic (exact) mass is 387 g/mol. The van der Waals surface area contributed by atoms with Crippen LogP contribution < -0.4 is 10.4 Å². The van der Waals surface area contributed by atoms with Crippen LogP contribution in [0.25, 0.3) is 0 Å². The van der Waals surface area contributed by atoms with Gasteiger partial charge in [-0.1, -0.05) is 93.6 Å². The molecule has 3 heteroatoms. The molecule has 2 nitrogen and oxygen atoms in total. The highest BCUT2D eigenvalue weighted by molar-refractivity contribution is 6.80. The Bertz CT molecular complexity index is 908. The normalized spacial score (nSPS) is 19.0. The van der Waals surface area contributed by atoms with Gasteiger partial charge in [0.2, 0.25) is 0 Å². The highest BCUT2D eigenvalue weighted by atomic mass is 28.3. The quantitative estimate of drug-likeness (QED) is 0.543. The second-order valence-electron chi connectivity index (χ2n) is 8.57. The van der Waals surface area contributed by atoms with Crippen molar-refractivity contribution in [2.75, 3.05) is 0 Å². The van der Waals surface area contributed by atoms with E-state index in [9.17, 15) is 5.11 Å². The van der Waals surface area contributed by atoms with E-state index >= 15 is 0 Å². The van der Waals surface area contributed by atoms with Crippen molar-refractivity contribution in [3.8, 4) is 0 Å². The van der Waals surface area contributed by atoms with Crippen molar-refractivity contribution in [2.45, 2.75) is 44.8 Å². The lowest BCUT2D eigenvalue weighted by molar-refractivity contribution is -0.144. The van der Waals surface area contributed by atoms with Crippen molar-refractivity contribution in [1.29, 1.82) is 0 Å². The zero-order chi connectivity index (χ0) is 19.8. The van der Waals surface area contributed by atoms with Crippen LogP contribution in [0.5, 0.6) is 0 Å². The van der Waals surface area contributed by atoms with Gasteiger partial charge in [0, 0.05) is 12.0 Å². The Labute approximate surface area is 169 Å². The van der Waals surface area contributed by atoms with Gasteiger partial charge in [-0.25, -0.2) is 0 Å². The minimum absolute atomic E-state index is 0.0329. The van der Waals surface area contributed by atoms with E-state index in [0.717, 1.165) is 22.4 Å². The molecule has 0 saturated carbocycles. The van der Waals surface area contributed by atoms with Crippen LogP contribution in [-0.4, -0.2) is 14.1 Å². The molecule has 0 amide bonds. The average molecular weight is 388 g/mol. The average Bonchev–Trinajstić information content (AvgIpc) is 3.03. The number of hydrogen-bond donors (Lipinski definition) is 1. The Morgan fingerprint density at radius 3 is 1.96 bits per heavy atom. The predicted octanol–water partition coefficient (Wildman–Crippen LogP) is 3.90. The van der Waals surface area contributed by atoms with Crippen LogP contribution in [0.2, 0.25) is 0 Å². The first-order chi connectivity index (χ1) is 13.4. The van der Waals surface area contributed by atoms with E-state index in [1.807, 2.05) is 36.4 Å². The van der Waals surface area contributed by atoms with Crippen LogP contribution in [0.1, 0.15) is 43.9 Å². The summed E-state index contributed by atoms with van der Waals surface area (Å²) in [7, 11) is -1.58. The van der Waals surface area contributed by atoms with Crippen molar-refractivity contribution >= 4 is 19.4 Å². The minimum Gasteiger partial charge on any atom is -0.376 e. The summed E-state index contributed by atoms with van der Waals surface area (Å²) in [6.07, 6.45) is 1.44. The van der Waals surface area contributed by atoms with Gasteiger partial charge in [-0.05, 0) is 39.4 Å². The first-order valence-electron chi connectivity index (χ1n) is 9.90. The third-order valence-electron chi connectivity index (χ3n) is 5.47. The van der Waals surface area contributed by atoms with Crippen molar-refractivity contribution in [1.82, 2.24) is 0 Å². The van der Waals surface area contributed by atoms with Crippen LogP contribution in [0, 0.1) is 0 Å². The summed E-state index contributed by atoms with van der Waals surface area (Å²) in [4.78, 5) is 0. The third-order valence-corrected chi connectivity index (χ3v) is 7.73. The molecule has 143 valence electrons. The smallest absolute Gasteiger partial charge is 0.286 e. The topological polar surface area (TPSA) is 29.5 Å². The van der Waals surface area contributed by atoms with E-state index in [4.69, 9.17) is 4.43 Å². The first kappa shape index (κ1) is 19.1. The molecule has 0 fully saturated rings. The van der Waals surface area contributed by atoms with Gasteiger partial charge < -0.3 is 9.53 Å². The van der Waals surface area contributed by atoms with E-state index in [-0.39, 0.29) is 5.41 Å². The lowest BCUT2D eigenvalue weighted by atomic mass is 9.85. The molecule has 1 radical (unpaired) electrons. The number of fused-ring (bicyclic) bond motifs is 1. The van der Waals surface area contributed by atoms with Gasteiger partial charge >= 0.3 is 0 Å². The summed E-state index contributed by atoms with van der Waals surface area (Å²) in [5.41, 5.74) is 3.39. The maximum atomic E-state index is 11.6. The Balaban J connectivity index is 1.75. The molecule has 3 aromatic rings. The fourth-order valence-electron chi connectivity index (χ4n) is 3.80. The predicted molar refractivity (Wildman–Crippen MR) is 116 cm³/mol. The number of hydrogen-bond acceptors (Lipinski definition) is 2. The van der Waals surface area contributed by atoms with E-state index in [1.54, 1.807) is 0 Å². The van der Waals surface area contributed by atoms with Gasteiger partial charge in [0.1, 0.15) is 0 Å². The molecule has 0 spiro atoms. The van der Waals surface area contributed by atoms with Crippen LogP contribution in [0.15, 0.2) is 78.9 Å². The van der Waals surface area contributed by atoms with Gasteiger partial charge in [0.25, 0.3) is 9.04 Å². The van der Waals surface area contributed by atoms with Gasteiger partial charge in [-0.15, -0.1) is 0 Å². The molecular formula is C25H27O2Si. The lowest BCUT2D eigenvalue weighted by Gasteiger charge is -2.31. The Morgan fingerprint density at radius 2 is 1.43 bits per heavy atom. The van der Waals surface area contributed by atoms with Crippen LogP contribution >= 0.6 is 0 Å². The van der Waals surface area contributed by atoms with Crippen molar-refractivity contribution in [3.63, 3.8) is 0 Å². The SMILES string of the molecule is CC(C)(C)c1ccc2c(c1)[C@@](O)(O[Si](c1ccccc1)c1ccccc1)CC2. The highest BCUT2D eigenvalue weighted by Crippen LogP contribution is 2.40. The van der Waals surface area contributed by atoms with Crippen molar-refractivity contribution in [2.24, 2.45) is 0 Å². The summed E-state index contributed by atoms with van der Waals surface area (Å²) in [5, 5.41) is 13.9. The fraction of sp³-hybridized carbons (Fsp3) is 0.280. The fourth-order valence-corrected chi connectivity index (χ4v) is 5.91. The second kappa shape index (κ2) is 7.32. The zero-order valence-electron chi connectivity index (χ0n) is 16.8. The largest absolute Gasteiger partial charge is 0.376 e. The molecule has 0 aliphatic heterocycles. The van der Waals surface area contributed by atoms with Gasteiger partial charge in [-0.2, -0.15) is 0 Å². The summed E-state index contributed by atoms with van der Waals surface area (Å²) in [6, 6.07) is 27.1. The molecule has 1 aliphatic carbocycles.